The number of rotatable bonds is 5. The van der Waals surface area contributed by atoms with Crippen molar-refractivity contribution < 1.29 is 13.6 Å². The molecule has 0 bridgehead atoms. The highest BCUT2D eigenvalue weighted by Gasteiger charge is 2.14. The van der Waals surface area contributed by atoms with E-state index in [4.69, 9.17) is 0 Å². The quantitative estimate of drug-likeness (QED) is 0.708. The highest BCUT2D eigenvalue weighted by molar-refractivity contribution is 7.99. The Hall–Kier alpha value is -2.81. The van der Waals surface area contributed by atoms with E-state index in [1.807, 2.05) is 6.07 Å². The number of nitrogens with zero attached hydrogens (tertiary/aromatic N) is 4. The summed E-state index contributed by atoms with van der Waals surface area (Å²) in [7, 11) is 1.77. The molecular formula is C16H13F2N5OS. The zero-order valence-electron chi connectivity index (χ0n) is 13.1. The van der Waals surface area contributed by atoms with Crippen molar-refractivity contribution in [2.45, 2.75) is 5.16 Å². The van der Waals surface area contributed by atoms with Crippen molar-refractivity contribution in [1.29, 1.82) is 0 Å². The van der Waals surface area contributed by atoms with E-state index in [1.54, 1.807) is 30.1 Å². The molecule has 0 aliphatic carbocycles. The summed E-state index contributed by atoms with van der Waals surface area (Å²) in [6.45, 7) is 0. The summed E-state index contributed by atoms with van der Waals surface area (Å²) < 4.78 is 28.4. The number of benzene rings is 1. The van der Waals surface area contributed by atoms with E-state index in [0.717, 1.165) is 35.5 Å². The molecule has 0 saturated heterocycles. The van der Waals surface area contributed by atoms with Gasteiger partial charge < -0.3 is 9.88 Å². The van der Waals surface area contributed by atoms with Crippen molar-refractivity contribution in [3.8, 4) is 11.4 Å². The minimum atomic E-state index is -0.697. The largest absolute Gasteiger partial charge is 0.323 e. The van der Waals surface area contributed by atoms with E-state index < -0.39 is 17.5 Å². The number of thioether (sulfide) groups is 1. The van der Waals surface area contributed by atoms with E-state index in [2.05, 4.69) is 20.5 Å². The molecule has 25 heavy (non-hydrogen) atoms. The average molecular weight is 361 g/mol. The Morgan fingerprint density at radius 1 is 1.28 bits per heavy atom. The second-order valence-corrected chi connectivity index (χ2v) is 6.01. The number of pyridine rings is 1. The second kappa shape index (κ2) is 7.39. The highest BCUT2D eigenvalue weighted by atomic mass is 32.2. The van der Waals surface area contributed by atoms with E-state index >= 15 is 0 Å². The van der Waals surface area contributed by atoms with Gasteiger partial charge in [-0.2, -0.15) is 0 Å². The van der Waals surface area contributed by atoms with Crippen LogP contribution < -0.4 is 5.32 Å². The molecule has 0 unspecified atom stereocenters. The van der Waals surface area contributed by atoms with Crippen molar-refractivity contribution in [3.05, 3.63) is 54.4 Å². The minimum Gasteiger partial charge on any atom is -0.323 e. The number of anilines is 1. The number of hydrogen-bond donors (Lipinski definition) is 1. The summed E-state index contributed by atoms with van der Waals surface area (Å²) in [5, 5.41) is 11.0. The summed E-state index contributed by atoms with van der Waals surface area (Å²) in [4.78, 5) is 16.0. The van der Waals surface area contributed by atoms with E-state index in [-0.39, 0.29) is 11.4 Å². The van der Waals surface area contributed by atoms with Crippen LogP contribution in [0.1, 0.15) is 0 Å². The van der Waals surface area contributed by atoms with Gasteiger partial charge in [0.15, 0.2) is 11.0 Å². The summed E-state index contributed by atoms with van der Waals surface area (Å²) >= 11 is 1.14. The predicted octanol–water partition coefficient (Wildman–Crippen LogP) is 2.89. The fraction of sp³-hybridized carbons (Fsp3) is 0.125. The first kappa shape index (κ1) is 17.0. The van der Waals surface area contributed by atoms with Crippen LogP contribution in [0.3, 0.4) is 0 Å². The topological polar surface area (TPSA) is 72.7 Å². The number of hydrogen-bond acceptors (Lipinski definition) is 5. The summed E-state index contributed by atoms with van der Waals surface area (Å²) in [6, 6.07) is 6.52. The van der Waals surface area contributed by atoms with Crippen LogP contribution in [0.2, 0.25) is 0 Å². The van der Waals surface area contributed by atoms with E-state index in [0.29, 0.717) is 11.0 Å². The summed E-state index contributed by atoms with van der Waals surface area (Å²) in [5.41, 5.74) is 0.607. The lowest BCUT2D eigenvalue weighted by atomic mass is 10.3. The molecule has 0 fully saturated rings. The molecule has 0 atom stereocenters. The van der Waals surface area contributed by atoms with Gasteiger partial charge in [0.25, 0.3) is 0 Å². The van der Waals surface area contributed by atoms with Crippen LogP contribution in [0.15, 0.2) is 47.9 Å². The second-order valence-electron chi connectivity index (χ2n) is 5.07. The number of carbonyl (C=O) groups excluding carboxylic acids is 1. The molecule has 9 heteroatoms. The van der Waals surface area contributed by atoms with Gasteiger partial charge in [0.2, 0.25) is 5.91 Å². The molecule has 0 aliphatic rings. The Balaban J connectivity index is 1.65. The molecule has 3 aromatic rings. The van der Waals surface area contributed by atoms with Gasteiger partial charge in [0.05, 0.1) is 11.4 Å². The fourth-order valence-corrected chi connectivity index (χ4v) is 2.81. The third-order valence-corrected chi connectivity index (χ3v) is 4.31. The maximum absolute atomic E-state index is 13.5. The van der Waals surface area contributed by atoms with Crippen LogP contribution in [0.4, 0.5) is 14.5 Å². The Labute approximate surface area is 146 Å². The van der Waals surface area contributed by atoms with E-state index in [9.17, 15) is 13.6 Å². The van der Waals surface area contributed by atoms with Crippen LogP contribution >= 0.6 is 11.8 Å². The Bertz CT molecular complexity index is 901. The smallest absolute Gasteiger partial charge is 0.234 e. The predicted molar refractivity (Wildman–Crippen MR) is 89.9 cm³/mol. The van der Waals surface area contributed by atoms with Crippen molar-refractivity contribution in [1.82, 2.24) is 19.7 Å². The van der Waals surface area contributed by atoms with Gasteiger partial charge in [-0.3, -0.25) is 9.78 Å². The van der Waals surface area contributed by atoms with Gasteiger partial charge in [-0.25, -0.2) is 8.78 Å². The lowest BCUT2D eigenvalue weighted by Crippen LogP contribution is -2.15. The normalized spacial score (nSPS) is 10.7. The van der Waals surface area contributed by atoms with Crippen LogP contribution in [0, 0.1) is 11.6 Å². The van der Waals surface area contributed by atoms with Gasteiger partial charge in [-0.15, -0.1) is 10.2 Å². The molecule has 128 valence electrons. The molecule has 0 aliphatic heterocycles. The van der Waals surface area contributed by atoms with Crippen LogP contribution in [0.5, 0.6) is 0 Å². The van der Waals surface area contributed by atoms with Crippen LogP contribution in [0.25, 0.3) is 11.4 Å². The Morgan fingerprint density at radius 3 is 2.88 bits per heavy atom. The average Bonchev–Trinajstić information content (AvgIpc) is 2.98. The van der Waals surface area contributed by atoms with E-state index in [1.165, 1.54) is 0 Å². The monoisotopic (exact) mass is 361 g/mol. The summed E-state index contributed by atoms with van der Waals surface area (Å²) in [6.07, 6.45) is 3.32. The third-order valence-electron chi connectivity index (χ3n) is 3.29. The van der Waals surface area contributed by atoms with Crippen molar-refractivity contribution >= 4 is 23.4 Å². The highest BCUT2D eigenvalue weighted by Crippen LogP contribution is 2.22. The molecule has 0 spiro atoms. The fourth-order valence-electron chi connectivity index (χ4n) is 2.10. The maximum Gasteiger partial charge on any atom is 0.234 e. The molecule has 1 N–H and O–H groups in total. The first-order valence-electron chi connectivity index (χ1n) is 7.22. The standard InChI is InChI=1S/C16H13F2N5OS/c1-23-15(10-3-2-6-19-8-10)21-22-16(23)25-9-14(24)20-13-7-11(17)4-5-12(13)18/h2-8H,9H2,1H3,(H,20,24). The van der Waals surface area contributed by atoms with Crippen molar-refractivity contribution in [3.63, 3.8) is 0 Å². The Kier molecular flexibility index (Phi) is 5.03. The maximum atomic E-state index is 13.5. The molecular weight excluding hydrogens is 348 g/mol. The first-order chi connectivity index (χ1) is 12.0. The Morgan fingerprint density at radius 2 is 2.12 bits per heavy atom. The first-order valence-corrected chi connectivity index (χ1v) is 8.20. The minimum absolute atomic E-state index is 0.0189. The molecule has 3 rings (SSSR count). The van der Waals surface area contributed by atoms with Gasteiger partial charge >= 0.3 is 0 Å². The molecule has 1 aromatic carbocycles. The molecule has 0 radical (unpaired) electrons. The number of halogens is 2. The van der Waals surface area contributed by atoms with Crippen molar-refractivity contribution in [2.75, 3.05) is 11.1 Å². The molecule has 0 saturated carbocycles. The molecule has 6 nitrogen and oxygen atoms in total. The lowest BCUT2D eigenvalue weighted by molar-refractivity contribution is -0.113. The zero-order valence-corrected chi connectivity index (χ0v) is 13.9. The van der Waals surface area contributed by atoms with Gasteiger partial charge in [0, 0.05) is 31.1 Å². The van der Waals surface area contributed by atoms with Gasteiger partial charge in [-0.05, 0) is 24.3 Å². The van der Waals surface area contributed by atoms with Gasteiger partial charge in [0.1, 0.15) is 11.6 Å². The number of nitrogens with one attached hydrogen (secondary N) is 1. The number of amides is 1. The molecule has 1 amide bonds. The molecule has 2 aromatic heterocycles. The zero-order chi connectivity index (χ0) is 17.8. The number of aromatic nitrogens is 4. The van der Waals surface area contributed by atoms with Crippen LogP contribution in [-0.2, 0) is 11.8 Å². The van der Waals surface area contributed by atoms with Crippen molar-refractivity contribution in [2.24, 2.45) is 7.05 Å². The summed E-state index contributed by atoms with van der Waals surface area (Å²) in [5.74, 6) is -1.20. The van der Waals surface area contributed by atoms with Gasteiger partial charge in [-0.1, -0.05) is 11.8 Å². The van der Waals surface area contributed by atoms with Crippen LogP contribution in [-0.4, -0.2) is 31.4 Å². The molecule has 2 heterocycles. The number of carbonyl (C=O) groups is 1. The SMILES string of the molecule is Cn1c(SCC(=O)Nc2cc(F)ccc2F)nnc1-c1cccnc1. The lowest BCUT2D eigenvalue weighted by Gasteiger charge is -2.06. The third kappa shape index (κ3) is 4.00.